The van der Waals surface area contributed by atoms with Gasteiger partial charge in [0.05, 0.1) is 6.10 Å². The maximum absolute atomic E-state index is 13.7. The molecule has 1 saturated heterocycles. The number of nitrogens with one attached hydrogen (secondary N) is 1. The molecule has 1 fully saturated rings. The minimum absolute atomic E-state index is 0.0607. The van der Waals surface area contributed by atoms with Gasteiger partial charge in [-0.05, 0) is 37.1 Å². The Hall–Kier alpha value is -2.21. The second-order valence-electron chi connectivity index (χ2n) is 5.98. The first-order valence-electron chi connectivity index (χ1n) is 7.93. The van der Waals surface area contributed by atoms with Crippen LogP contribution in [0.1, 0.15) is 18.4 Å². The van der Waals surface area contributed by atoms with Gasteiger partial charge in [0.25, 0.3) is 0 Å². The van der Waals surface area contributed by atoms with E-state index in [9.17, 15) is 18.3 Å². The molecule has 0 saturated carbocycles. The Labute approximate surface area is 138 Å². The summed E-state index contributed by atoms with van der Waals surface area (Å²) in [6.45, 7) is 1.62. The van der Waals surface area contributed by atoms with E-state index in [1.807, 2.05) is 24.3 Å². The van der Waals surface area contributed by atoms with E-state index in [1.54, 1.807) is 0 Å². The summed E-state index contributed by atoms with van der Waals surface area (Å²) in [5, 5.41) is 12.6. The summed E-state index contributed by atoms with van der Waals surface area (Å²) >= 11 is 0. The highest BCUT2D eigenvalue weighted by Crippen LogP contribution is 2.24. The first-order valence-corrected chi connectivity index (χ1v) is 7.93. The third-order valence-electron chi connectivity index (χ3n) is 4.25. The van der Waals surface area contributed by atoms with E-state index in [4.69, 9.17) is 0 Å². The molecule has 0 spiro atoms. The smallest absolute Gasteiger partial charge is 0.161 e. The third kappa shape index (κ3) is 3.82. The maximum atomic E-state index is 13.7. The van der Waals surface area contributed by atoms with Gasteiger partial charge < -0.3 is 15.3 Å². The van der Waals surface area contributed by atoms with Crippen LogP contribution in [-0.4, -0.2) is 24.3 Å². The molecule has 6 heteroatoms. The van der Waals surface area contributed by atoms with E-state index in [-0.39, 0.29) is 18.2 Å². The molecule has 3 rings (SSSR count). The fraction of sp³-hybridized carbons (Fsp3) is 0.333. The van der Waals surface area contributed by atoms with Gasteiger partial charge in [-0.1, -0.05) is 6.07 Å². The summed E-state index contributed by atoms with van der Waals surface area (Å²) in [6.07, 6.45) is 1.23. The number of halogens is 3. The molecule has 2 aromatic carbocycles. The summed E-state index contributed by atoms with van der Waals surface area (Å²) in [7, 11) is 0. The standard InChI is InChI=1S/C18H19F3N2O/c19-16-10-18(21)17(20)8-12(16)11-22-13-2-1-3-14(9-13)23-6-4-15(24)5-7-23/h1-3,8-10,15,22,24H,4-7,11H2. The highest BCUT2D eigenvalue weighted by atomic mass is 19.2. The van der Waals surface area contributed by atoms with Crippen molar-refractivity contribution in [3.8, 4) is 0 Å². The minimum atomic E-state index is -1.19. The second-order valence-corrected chi connectivity index (χ2v) is 5.98. The maximum Gasteiger partial charge on any atom is 0.161 e. The first-order chi connectivity index (χ1) is 11.5. The van der Waals surface area contributed by atoms with Crippen molar-refractivity contribution in [1.82, 2.24) is 0 Å². The van der Waals surface area contributed by atoms with Crippen molar-refractivity contribution < 1.29 is 18.3 Å². The third-order valence-corrected chi connectivity index (χ3v) is 4.25. The molecule has 0 amide bonds. The summed E-state index contributed by atoms with van der Waals surface area (Å²) in [6, 6.07) is 9.04. The van der Waals surface area contributed by atoms with Crippen molar-refractivity contribution in [2.45, 2.75) is 25.5 Å². The van der Waals surface area contributed by atoms with Gasteiger partial charge in [-0.3, -0.25) is 0 Å². The molecule has 1 aliphatic heterocycles. The lowest BCUT2D eigenvalue weighted by molar-refractivity contribution is 0.145. The predicted molar refractivity (Wildman–Crippen MR) is 87.5 cm³/mol. The number of anilines is 2. The van der Waals surface area contributed by atoms with Gasteiger partial charge in [0.1, 0.15) is 5.82 Å². The lowest BCUT2D eigenvalue weighted by Crippen LogP contribution is -2.35. The topological polar surface area (TPSA) is 35.5 Å². The Kier molecular flexibility index (Phi) is 4.94. The molecule has 0 radical (unpaired) electrons. The van der Waals surface area contributed by atoms with Crippen LogP contribution in [0.3, 0.4) is 0 Å². The van der Waals surface area contributed by atoms with Gasteiger partial charge in [-0.15, -0.1) is 0 Å². The van der Waals surface area contributed by atoms with E-state index < -0.39 is 17.5 Å². The number of piperidine rings is 1. The highest BCUT2D eigenvalue weighted by Gasteiger charge is 2.17. The molecule has 1 heterocycles. The summed E-state index contributed by atoms with van der Waals surface area (Å²) in [4.78, 5) is 2.18. The average Bonchev–Trinajstić information content (AvgIpc) is 2.58. The number of hydrogen-bond acceptors (Lipinski definition) is 3. The van der Waals surface area contributed by atoms with Crippen LogP contribution in [-0.2, 0) is 6.54 Å². The molecule has 24 heavy (non-hydrogen) atoms. The fourth-order valence-corrected chi connectivity index (χ4v) is 2.83. The molecule has 2 N–H and O–H groups in total. The van der Waals surface area contributed by atoms with E-state index >= 15 is 0 Å². The van der Waals surface area contributed by atoms with E-state index in [1.165, 1.54) is 0 Å². The average molecular weight is 336 g/mol. The quantitative estimate of drug-likeness (QED) is 0.836. The number of benzene rings is 2. The summed E-state index contributed by atoms with van der Waals surface area (Å²) in [5.74, 6) is -3.03. The highest BCUT2D eigenvalue weighted by molar-refractivity contribution is 5.58. The SMILES string of the molecule is OC1CCN(c2cccc(NCc3cc(F)c(F)cc3F)c2)CC1. The number of aliphatic hydroxyl groups excluding tert-OH is 1. The van der Waals surface area contributed by atoms with Gasteiger partial charge >= 0.3 is 0 Å². The van der Waals surface area contributed by atoms with Gasteiger partial charge in [-0.2, -0.15) is 0 Å². The predicted octanol–water partition coefficient (Wildman–Crippen LogP) is 3.68. The molecule has 0 aromatic heterocycles. The zero-order valence-electron chi connectivity index (χ0n) is 13.1. The Morgan fingerprint density at radius 1 is 1.00 bits per heavy atom. The number of nitrogens with zero attached hydrogens (tertiary/aromatic N) is 1. The zero-order valence-corrected chi connectivity index (χ0v) is 13.1. The second kappa shape index (κ2) is 7.13. The summed E-state index contributed by atoms with van der Waals surface area (Å²) < 4.78 is 39.8. The van der Waals surface area contributed by atoms with Crippen LogP contribution in [0.15, 0.2) is 36.4 Å². The van der Waals surface area contributed by atoms with Crippen LogP contribution < -0.4 is 10.2 Å². The van der Waals surface area contributed by atoms with Crippen LogP contribution in [0, 0.1) is 17.5 Å². The lowest BCUT2D eigenvalue weighted by Gasteiger charge is -2.31. The number of hydrogen-bond donors (Lipinski definition) is 2. The molecular formula is C18H19F3N2O. The van der Waals surface area contributed by atoms with E-state index in [2.05, 4.69) is 10.2 Å². The first kappa shape index (κ1) is 16.6. The molecule has 0 bridgehead atoms. The van der Waals surface area contributed by atoms with Crippen LogP contribution >= 0.6 is 0 Å². The van der Waals surface area contributed by atoms with Crippen molar-refractivity contribution >= 4 is 11.4 Å². The fourth-order valence-electron chi connectivity index (χ4n) is 2.83. The van der Waals surface area contributed by atoms with Gasteiger partial charge in [0, 0.05) is 42.6 Å². The Bertz CT molecular complexity index is 715. The van der Waals surface area contributed by atoms with Gasteiger partial charge in [-0.25, -0.2) is 13.2 Å². The van der Waals surface area contributed by atoms with Crippen molar-refractivity contribution in [2.24, 2.45) is 0 Å². The lowest BCUT2D eigenvalue weighted by atomic mass is 10.1. The van der Waals surface area contributed by atoms with Crippen LogP contribution in [0.2, 0.25) is 0 Å². The van der Waals surface area contributed by atoms with E-state index in [0.29, 0.717) is 6.07 Å². The molecule has 0 unspecified atom stereocenters. The Morgan fingerprint density at radius 2 is 1.71 bits per heavy atom. The summed E-state index contributed by atoms with van der Waals surface area (Å²) in [5.41, 5.74) is 1.85. The molecular weight excluding hydrogens is 317 g/mol. The van der Waals surface area contributed by atoms with Crippen molar-refractivity contribution in [3.05, 3.63) is 59.4 Å². The molecule has 128 valence electrons. The van der Waals surface area contributed by atoms with Crippen LogP contribution in [0.25, 0.3) is 0 Å². The monoisotopic (exact) mass is 336 g/mol. The van der Waals surface area contributed by atoms with Crippen LogP contribution in [0.5, 0.6) is 0 Å². The van der Waals surface area contributed by atoms with Gasteiger partial charge in [0.2, 0.25) is 0 Å². The van der Waals surface area contributed by atoms with Crippen molar-refractivity contribution in [1.29, 1.82) is 0 Å². The Morgan fingerprint density at radius 3 is 2.46 bits per heavy atom. The van der Waals surface area contributed by atoms with Crippen molar-refractivity contribution in [2.75, 3.05) is 23.3 Å². The molecule has 0 aliphatic carbocycles. The Balaban J connectivity index is 1.68. The van der Waals surface area contributed by atoms with Crippen LogP contribution in [0.4, 0.5) is 24.5 Å². The largest absolute Gasteiger partial charge is 0.393 e. The normalized spacial score (nSPS) is 15.6. The molecule has 0 atom stereocenters. The van der Waals surface area contributed by atoms with Crippen molar-refractivity contribution in [3.63, 3.8) is 0 Å². The zero-order chi connectivity index (χ0) is 17.1. The minimum Gasteiger partial charge on any atom is -0.393 e. The van der Waals surface area contributed by atoms with Gasteiger partial charge in [0.15, 0.2) is 11.6 Å². The molecule has 1 aliphatic rings. The molecule has 3 nitrogen and oxygen atoms in total. The molecule has 2 aromatic rings. The van der Waals surface area contributed by atoms with E-state index in [0.717, 1.165) is 43.4 Å². The number of rotatable bonds is 4. The number of aliphatic hydroxyl groups is 1.